The first kappa shape index (κ1) is 18.6. The zero-order valence-electron chi connectivity index (χ0n) is 15.3. The molecular formula is C20H16N4O4S. The van der Waals surface area contributed by atoms with Crippen LogP contribution < -0.4 is 15.8 Å². The minimum absolute atomic E-state index is 0.115. The van der Waals surface area contributed by atoms with Crippen molar-refractivity contribution in [2.24, 2.45) is 5.10 Å². The van der Waals surface area contributed by atoms with Gasteiger partial charge in [0.2, 0.25) is 0 Å². The van der Waals surface area contributed by atoms with Crippen LogP contribution in [0.15, 0.2) is 58.4 Å². The maximum Gasteiger partial charge on any atom is 0.294 e. The smallest absolute Gasteiger partial charge is 0.294 e. The summed E-state index contributed by atoms with van der Waals surface area (Å²) in [4.78, 5) is 34.6. The van der Waals surface area contributed by atoms with Crippen molar-refractivity contribution in [3.8, 4) is 5.75 Å². The standard InChI is InChI=1S/C20H16N4O4S/c1-12-22-15-8-4-2-6-13(15)20(27)24(12)28-11-18(25)23-21-10-17-19(26)14-7-3-5-9-16(14)29-17/h2-10,26H,11H2,1H3,(H,23,25). The molecule has 2 N–H and O–H groups in total. The van der Waals surface area contributed by atoms with Gasteiger partial charge in [-0.1, -0.05) is 24.3 Å². The lowest BCUT2D eigenvalue weighted by Crippen LogP contribution is -2.35. The van der Waals surface area contributed by atoms with Crippen molar-refractivity contribution < 1.29 is 14.7 Å². The third kappa shape index (κ3) is 3.67. The second-order valence-corrected chi connectivity index (χ2v) is 7.24. The number of hydrazone groups is 1. The molecule has 0 aliphatic carbocycles. The van der Waals surface area contributed by atoms with Gasteiger partial charge < -0.3 is 9.94 Å². The number of benzene rings is 2. The molecule has 4 aromatic rings. The lowest BCUT2D eigenvalue weighted by molar-refractivity contribution is -0.126. The molecule has 0 aliphatic rings. The van der Waals surface area contributed by atoms with Crippen LogP contribution in [0.4, 0.5) is 0 Å². The van der Waals surface area contributed by atoms with E-state index in [1.165, 1.54) is 17.6 Å². The molecule has 2 aromatic heterocycles. The van der Waals surface area contributed by atoms with Gasteiger partial charge in [-0.2, -0.15) is 5.10 Å². The molecule has 1 amide bonds. The number of carbonyl (C=O) groups excluding carboxylic acids is 1. The van der Waals surface area contributed by atoms with Crippen LogP contribution in [-0.2, 0) is 4.79 Å². The third-order valence-electron chi connectivity index (χ3n) is 4.19. The van der Waals surface area contributed by atoms with E-state index in [-0.39, 0.29) is 11.3 Å². The number of hydrogen-bond acceptors (Lipinski definition) is 7. The van der Waals surface area contributed by atoms with Crippen LogP contribution in [0.5, 0.6) is 5.75 Å². The molecule has 0 fully saturated rings. The summed E-state index contributed by atoms with van der Waals surface area (Å²) in [7, 11) is 0. The van der Waals surface area contributed by atoms with Crippen molar-refractivity contribution in [1.29, 1.82) is 0 Å². The summed E-state index contributed by atoms with van der Waals surface area (Å²) in [6.45, 7) is 1.20. The number of rotatable bonds is 5. The molecule has 2 heterocycles. The van der Waals surface area contributed by atoms with Gasteiger partial charge >= 0.3 is 0 Å². The van der Waals surface area contributed by atoms with Crippen LogP contribution in [0.3, 0.4) is 0 Å². The quantitative estimate of drug-likeness (QED) is 0.389. The van der Waals surface area contributed by atoms with Gasteiger partial charge in [-0.25, -0.2) is 10.4 Å². The molecule has 2 aromatic carbocycles. The molecular weight excluding hydrogens is 392 g/mol. The van der Waals surface area contributed by atoms with E-state index in [1.807, 2.05) is 24.3 Å². The molecule has 0 bridgehead atoms. The van der Waals surface area contributed by atoms with Crippen LogP contribution in [-0.4, -0.2) is 33.5 Å². The van der Waals surface area contributed by atoms with Gasteiger partial charge in [-0.15, -0.1) is 16.1 Å². The number of nitrogens with zero attached hydrogens (tertiary/aromatic N) is 3. The first-order valence-electron chi connectivity index (χ1n) is 8.68. The zero-order chi connectivity index (χ0) is 20.4. The highest BCUT2D eigenvalue weighted by molar-refractivity contribution is 7.21. The average molecular weight is 408 g/mol. The van der Waals surface area contributed by atoms with E-state index >= 15 is 0 Å². The predicted octanol–water partition coefficient (Wildman–Crippen LogP) is 2.20. The fraction of sp³-hybridized carbons (Fsp3) is 0.100. The Morgan fingerprint density at radius 2 is 1.97 bits per heavy atom. The van der Waals surface area contributed by atoms with Crippen LogP contribution in [0.25, 0.3) is 21.0 Å². The van der Waals surface area contributed by atoms with Gasteiger partial charge in [0.05, 0.1) is 22.0 Å². The molecule has 146 valence electrons. The summed E-state index contributed by atoms with van der Waals surface area (Å²) in [6.07, 6.45) is 1.37. The van der Waals surface area contributed by atoms with Crippen LogP contribution >= 0.6 is 11.3 Å². The van der Waals surface area contributed by atoms with Crippen LogP contribution in [0, 0.1) is 6.92 Å². The van der Waals surface area contributed by atoms with Crippen molar-refractivity contribution in [3.63, 3.8) is 0 Å². The van der Waals surface area contributed by atoms with Gasteiger partial charge in [0.1, 0.15) is 11.6 Å². The van der Waals surface area contributed by atoms with Crippen molar-refractivity contribution in [2.45, 2.75) is 6.92 Å². The Bertz CT molecular complexity index is 1310. The minimum Gasteiger partial charge on any atom is -0.506 e. The molecule has 0 saturated carbocycles. The highest BCUT2D eigenvalue weighted by Crippen LogP contribution is 2.35. The summed E-state index contributed by atoms with van der Waals surface area (Å²) < 4.78 is 1.91. The Kier molecular flexibility index (Phi) is 4.96. The van der Waals surface area contributed by atoms with E-state index in [1.54, 1.807) is 31.2 Å². The topological polar surface area (TPSA) is 106 Å². The Balaban J connectivity index is 1.43. The fourth-order valence-electron chi connectivity index (χ4n) is 2.84. The number of aryl methyl sites for hydroxylation is 1. The molecule has 0 spiro atoms. The molecule has 0 radical (unpaired) electrons. The summed E-state index contributed by atoms with van der Waals surface area (Å²) >= 11 is 1.36. The lowest BCUT2D eigenvalue weighted by atomic mass is 10.2. The van der Waals surface area contributed by atoms with Crippen LogP contribution in [0.2, 0.25) is 0 Å². The largest absolute Gasteiger partial charge is 0.506 e. The number of fused-ring (bicyclic) bond motifs is 2. The monoisotopic (exact) mass is 408 g/mol. The summed E-state index contributed by atoms with van der Waals surface area (Å²) in [6, 6.07) is 14.3. The maximum atomic E-state index is 12.5. The van der Waals surface area contributed by atoms with Crippen molar-refractivity contribution in [3.05, 3.63) is 69.6 Å². The van der Waals surface area contributed by atoms with Gasteiger partial charge in [-0.05, 0) is 31.2 Å². The minimum atomic E-state index is -0.554. The van der Waals surface area contributed by atoms with Crippen molar-refractivity contribution in [1.82, 2.24) is 15.1 Å². The number of carbonyl (C=O) groups is 1. The first-order valence-corrected chi connectivity index (χ1v) is 9.50. The Morgan fingerprint density at radius 1 is 1.24 bits per heavy atom. The number of para-hydroxylation sites is 1. The molecule has 8 nitrogen and oxygen atoms in total. The number of aromatic hydroxyl groups is 1. The van der Waals surface area contributed by atoms with Gasteiger partial charge in [-0.3, -0.25) is 9.59 Å². The van der Waals surface area contributed by atoms with E-state index < -0.39 is 12.5 Å². The van der Waals surface area contributed by atoms with Gasteiger partial charge in [0.15, 0.2) is 6.61 Å². The third-order valence-corrected chi connectivity index (χ3v) is 5.28. The second-order valence-electron chi connectivity index (χ2n) is 6.15. The second kappa shape index (κ2) is 7.72. The number of amides is 1. The predicted molar refractivity (Wildman–Crippen MR) is 111 cm³/mol. The number of nitrogens with one attached hydrogen (secondary N) is 1. The highest BCUT2D eigenvalue weighted by Gasteiger charge is 2.11. The summed E-state index contributed by atoms with van der Waals surface area (Å²) in [5.74, 6) is -0.106. The number of hydrogen-bond donors (Lipinski definition) is 2. The molecule has 9 heteroatoms. The van der Waals surface area contributed by atoms with E-state index in [0.717, 1.165) is 14.8 Å². The summed E-state index contributed by atoms with van der Waals surface area (Å²) in [5, 5.41) is 15.2. The number of thiophene rings is 1. The Morgan fingerprint density at radius 3 is 2.76 bits per heavy atom. The van der Waals surface area contributed by atoms with Crippen LogP contribution in [0.1, 0.15) is 10.7 Å². The molecule has 0 atom stereocenters. The zero-order valence-corrected chi connectivity index (χ0v) is 16.1. The van der Waals surface area contributed by atoms with E-state index in [0.29, 0.717) is 21.6 Å². The molecule has 0 unspecified atom stereocenters. The van der Waals surface area contributed by atoms with E-state index in [4.69, 9.17) is 4.84 Å². The molecule has 29 heavy (non-hydrogen) atoms. The van der Waals surface area contributed by atoms with E-state index in [9.17, 15) is 14.7 Å². The Labute approximate surface area is 168 Å². The van der Waals surface area contributed by atoms with Gasteiger partial charge in [0, 0.05) is 10.1 Å². The first-order chi connectivity index (χ1) is 14.0. The van der Waals surface area contributed by atoms with Crippen molar-refractivity contribution in [2.75, 3.05) is 6.61 Å². The van der Waals surface area contributed by atoms with Gasteiger partial charge in [0.25, 0.3) is 11.5 Å². The number of aromatic nitrogens is 2. The maximum absolute atomic E-state index is 12.5. The molecule has 0 saturated heterocycles. The van der Waals surface area contributed by atoms with E-state index in [2.05, 4.69) is 15.5 Å². The summed E-state index contributed by atoms with van der Waals surface area (Å²) in [5.41, 5.74) is 2.49. The van der Waals surface area contributed by atoms with Crippen molar-refractivity contribution >= 4 is 44.4 Å². The molecule has 0 aliphatic heterocycles. The fourth-order valence-corrected chi connectivity index (χ4v) is 3.81. The Hall–Kier alpha value is -3.72. The lowest BCUT2D eigenvalue weighted by Gasteiger charge is -2.10. The SMILES string of the molecule is Cc1nc2ccccc2c(=O)n1OCC(=O)NN=Cc1sc2ccccc2c1O. The highest BCUT2D eigenvalue weighted by atomic mass is 32.1. The molecule has 4 rings (SSSR count). The normalized spacial score (nSPS) is 11.3. The average Bonchev–Trinajstić information content (AvgIpc) is 3.04.